The molecule has 0 aromatic heterocycles. The molecule has 2 aliphatic heterocycles. The highest BCUT2D eigenvalue weighted by molar-refractivity contribution is 6.58. The summed E-state index contributed by atoms with van der Waals surface area (Å²) in [5.41, 5.74) is -1.49. The largest absolute Gasteiger partial charge is 0.507 e. The summed E-state index contributed by atoms with van der Waals surface area (Å²) in [7, 11) is 0. The second kappa shape index (κ2) is 13.0. The molecule has 2 aliphatic carbocycles. The molecule has 4 aliphatic rings. The highest BCUT2D eigenvalue weighted by Crippen LogP contribution is 2.66. The van der Waals surface area contributed by atoms with Crippen molar-refractivity contribution in [2.75, 3.05) is 11.4 Å². The highest BCUT2D eigenvalue weighted by atomic mass is 35.5. The number of nitrogens with zero attached hydrogens (tertiary/aromatic N) is 2. The van der Waals surface area contributed by atoms with Crippen molar-refractivity contribution in [1.29, 1.82) is 0 Å². The molecule has 0 spiro atoms. The lowest BCUT2D eigenvalue weighted by atomic mass is 9.56. The Hall–Kier alpha value is -4.30. The third-order valence-electron chi connectivity index (χ3n) is 10.4. The molecule has 6 unspecified atom stereocenters. The molecule has 2 N–H and O–H groups in total. The van der Waals surface area contributed by atoms with Crippen molar-refractivity contribution in [3.63, 3.8) is 0 Å². The van der Waals surface area contributed by atoms with E-state index in [4.69, 9.17) is 28.3 Å². The number of benzene rings is 2. The van der Waals surface area contributed by atoms with Crippen LogP contribution in [0.25, 0.3) is 0 Å². The summed E-state index contributed by atoms with van der Waals surface area (Å²) >= 11 is 14.2. The van der Waals surface area contributed by atoms with Crippen LogP contribution >= 0.6 is 23.2 Å². The highest BCUT2D eigenvalue weighted by Gasteiger charge is 2.77. The van der Waals surface area contributed by atoms with E-state index in [1.165, 1.54) is 30.4 Å². The summed E-state index contributed by atoms with van der Waals surface area (Å²) in [6, 6.07) is 4.36. The molecule has 51 heavy (non-hydrogen) atoms. The fraction of sp³-hybridized carbons (Fsp3) is 0.400. The van der Waals surface area contributed by atoms with Crippen LogP contribution in [0.4, 0.5) is 27.6 Å². The van der Waals surface area contributed by atoms with Crippen molar-refractivity contribution in [1.82, 2.24) is 4.90 Å². The van der Waals surface area contributed by atoms with Crippen LogP contribution < -0.4 is 4.90 Å². The molecule has 0 bridgehead atoms. The molecular formula is C35H29Cl2F5N2O7. The van der Waals surface area contributed by atoms with Crippen LogP contribution in [-0.2, 0) is 30.4 Å². The number of amides is 4. The quantitative estimate of drug-likeness (QED) is 0.0577. The number of halogens is 7. The Morgan fingerprint density at radius 3 is 2.20 bits per heavy atom. The SMILES string of the molecule is C=CCc1cccc(C2C3=CCC4C(=O)N(CCCCCC(=O)O)C(=O)C4C3CC3(Cl)C(=O)N(c4c(F)c(F)c(F)c(F)c4F)C(=O)C23Cl)c1O. The number of carbonyl (C=O) groups excluding carboxylic acids is 4. The number of alkyl halides is 2. The predicted octanol–water partition coefficient (Wildman–Crippen LogP) is 6.02. The molecule has 16 heteroatoms. The maximum atomic E-state index is 15.2. The standard InChI is InChI=1S/C35H29Cl2F5N2O7/c1-2-7-15-8-6-9-18(29(15)47)22-16-11-12-17-21(31(49)43(30(17)48)13-5-3-4-10-20(45)46)19(16)14-34(36)32(50)44(33(51)35(22,34)37)28-26(41)24(39)23(38)25(40)27(28)42/h2,6,8-9,11,17,19,21-22,47H,1,3-5,7,10,12-14H2,(H,45,46). The molecule has 270 valence electrons. The Kier molecular flexibility index (Phi) is 9.33. The summed E-state index contributed by atoms with van der Waals surface area (Å²) in [5, 5.41) is 20.4. The van der Waals surface area contributed by atoms with Crippen LogP contribution in [0.15, 0.2) is 42.5 Å². The van der Waals surface area contributed by atoms with Crippen molar-refractivity contribution in [3.8, 4) is 5.75 Å². The smallest absolute Gasteiger partial charge is 0.303 e. The number of anilines is 1. The first kappa shape index (κ1) is 36.5. The maximum Gasteiger partial charge on any atom is 0.303 e. The number of fused-ring (bicyclic) bond motifs is 4. The minimum Gasteiger partial charge on any atom is -0.507 e. The molecule has 3 fully saturated rings. The molecule has 0 radical (unpaired) electrons. The zero-order chi connectivity index (χ0) is 37.3. The topological polar surface area (TPSA) is 132 Å². The summed E-state index contributed by atoms with van der Waals surface area (Å²) in [4.78, 5) is 62.4. The van der Waals surface area contributed by atoms with Crippen molar-refractivity contribution in [3.05, 3.63) is 82.7 Å². The van der Waals surface area contributed by atoms with Crippen LogP contribution in [0.3, 0.4) is 0 Å². The molecular weight excluding hydrogens is 726 g/mol. The molecule has 2 heterocycles. The number of carboxylic acids is 1. The third-order valence-corrected chi connectivity index (χ3v) is 11.8. The number of carboxylic acid groups (broad SMARTS) is 1. The summed E-state index contributed by atoms with van der Waals surface area (Å²) in [6.07, 6.45) is 3.30. The van der Waals surface area contributed by atoms with Crippen molar-refractivity contribution >= 4 is 58.5 Å². The summed E-state index contributed by atoms with van der Waals surface area (Å²) in [5.74, 6) is -23.1. The van der Waals surface area contributed by atoms with Gasteiger partial charge in [-0.1, -0.05) is 42.3 Å². The molecule has 2 saturated heterocycles. The number of allylic oxidation sites excluding steroid dienone is 3. The van der Waals surface area contributed by atoms with E-state index in [2.05, 4.69) is 6.58 Å². The number of rotatable bonds is 10. The van der Waals surface area contributed by atoms with Crippen molar-refractivity contribution in [2.45, 2.75) is 60.6 Å². The minimum atomic E-state index is -2.76. The van der Waals surface area contributed by atoms with Gasteiger partial charge < -0.3 is 10.2 Å². The van der Waals surface area contributed by atoms with E-state index in [0.717, 1.165) is 4.90 Å². The number of phenolic OH excluding ortho intramolecular Hbond substituents is 1. The fourth-order valence-electron chi connectivity index (χ4n) is 8.09. The average molecular weight is 756 g/mol. The van der Waals surface area contributed by atoms with Crippen molar-refractivity contribution < 1.29 is 56.1 Å². The van der Waals surface area contributed by atoms with Crippen LogP contribution in [-0.4, -0.2) is 61.0 Å². The Bertz CT molecular complexity index is 1930. The number of aliphatic carboxylic acids is 1. The Labute approximate surface area is 297 Å². The first-order chi connectivity index (χ1) is 24.0. The number of carbonyl (C=O) groups is 5. The Morgan fingerprint density at radius 2 is 1.57 bits per heavy atom. The van der Waals surface area contributed by atoms with Gasteiger partial charge in [0.1, 0.15) is 11.4 Å². The second-order valence-electron chi connectivity index (χ2n) is 13.1. The van der Waals surface area contributed by atoms with Crippen LogP contribution in [0.2, 0.25) is 0 Å². The summed E-state index contributed by atoms with van der Waals surface area (Å²) < 4.78 is 73.3. The van der Waals surface area contributed by atoms with Crippen LogP contribution in [0, 0.1) is 46.8 Å². The number of hydrogen-bond donors (Lipinski definition) is 2. The third kappa shape index (κ3) is 5.19. The zero-order valence-electron chi connectivity index (χ0n) is 26.5. The van der Waals surface area contributed by atoms with Gasteiger partial charge in [0.05, 0.1) is 11.8 Å². The Balaban J connectivity index is 1.50. The maximum absolute atomic E-state index is 15.2. The lowest BCUT2D eigenvalue weighted by Gasteiger charge is -2.50. The van der Waals surface area contributed by atoms with E-state index in [9.17, 15) is 42.3 Å². The monoisotopic (exact) mass is 754 g/mol. The van der Waals surface area contributed by atoms with E-state index in [-0.39, 0.29) is 47.4 Å². The number of imide groups is 2. The predicted molar refractivity (Wildman–Crippen MR) is 171 cm³/mol. The lowest BCUT2D eigenvalue weighted by molar-refractivity contribution is -0.141. The number of hydrogen-bond acceptors (Lipinski definition) is 6. The van der Waals surface area contributed by atoms with Gasteiger partial charge in [-0.05, 0) is 43.6 Å². The number of aromatic hydroxyl groups is 1. The van der Waals surface area contributed by atoms with Gasteiger partial charge in [-0.2, -0.15) is 0 Å². The van der Waals surface area contributed by atoms with E-state index >= 15 is 8.78 Å². The van der Waals surface area contributed by atoms with Gasteiger partial charge in [-0.3, -0.25) is 28.9 Å². The number of likely N-dealkylation sites (tertiary alicyclic amines) is 1. The van der Waals surface area contributed by atoms with E-state index in [1.807, 2.05) is 0 Å². The lowest BCUT2D eigenvalue weighted by Crippen LogP contribution is -2.60. The summed E-state index contributed by atoms with van der Waals surface area (Å²) in [6.45, 7) is 3.62. The molecule has 2 aromatic rings. The van der Waals surface area contributed by atoms with Gasteiger partial charge in [-0.25, -0.2) is 26.9 Å². The average Bonchev–Trinajstić information content (AvgIpc) is 3.41. The van der Waals surface area contributed by atoms with E-state index in [1.54, 1.807) is 0 Å². The van der Waals surface area contributed by atoms with Gasteiger partial charge in [0.2, 0.25) is 17.6 Å². The van der Waals surface area contributed by atoms with E-state index < -0.39 is 110 Å². The molecule has 1 saturated carbocycles. The number of unbranched alkanes of at least 4 members (excludes halogenated alkanes) is 2. The molecule has 6 atom stereocenters. The van der Waals surface area contributed by atoms with Gasteiger partial charge in [0, 0.05) is 24.4 Å². The molecule has 9 nitrogen and oxygen atoms in total. The Morgan fingerprint density at radius 1 is 0.922 bits per heavy atom. The van der Waals surface area contributed by atoms with Gasteiger partial charge in [0.25, 0.3) is 11.8 Å². The number of para-hydroxylation sites is 1. The minimum absolute atomic E-state index is 0.0307. The number of phenols is 1. The van der Waals surface area contributed by atoms with Gasteiger partial charge >= 0.3 is 5.97 Å². The first-order valence-electron chi connectivity index (χ1n) is 16.0. The molecule has 6 rings (SSSR count). The zero-order valence-corrected chi connectivity index (χ0v) is 28.0. The normalized spacial score (nSPS) is 28.5. The molecule has 2 aromatic carbocycles. The van der Waals surface area contributed by atoms with Crippen molar-refractivity contribution in [2.24, 2.45) is 17.8 Å². The molecule has 4 amide bonds. The second-order valence-corrected chi connectivity index (χ2v) is 14.3. The van der Waals surface area contributed by atoms with E-state index in [0.29, 0.717) is 19.3 Å². The van der Waals surface area contributed by atoms with Gasteiger partial charge in [-0.15, -0.1) is 29.8 Å². The van der Waals surface area contributed by atoms with Crippen LogP contribution in [0.1, 0.15) is 55.6 Å². The van der Waals surface area contributed by atoms with Crippen LogP contribution in [0.5, 0.6) is 5.75 Å². The fourth-order valence-corrected chi connectivity index (χ4v) is 9.01. The first-order valence-corrected chi connectivity index (χ1v) is 16.8. The van der Waals surface area contributed by atoms with Gasteiger partial charge in [0.15, 0.2) is 33.0 Å².